The lowest BCUT2D eigenvalue weighted by atomic mass is 10.8. The Morgan fingerprint density at radius 2 is 2.60 bits per heavy atom. The highest BCUT2D eigenvalue weighted by molar-refractivity contribution is 4.42. The van der Waals surface area contributed by atoms with Gasteiger partial charge in [-0.15, -0.1) is 0 Å². The molecule has 0 saturated carbocycles. The minimum absolute atomic E-state index is 0.0382. The van der Waals surface area contributed by atoms with E-state index < -0.39 is 0 Å². The highest BCUT2D eigenvalue weighted by atomic mass is 16.3. The van der Waals surface area contributed by atoms with E-state index in [1.54, 1.807) is 6.54 Å². The van der Waals surface area contributed by atoms with Gasteiger partial charge >= 0.3 is 0 Å². The first kappa shape index (κ1) is 4.92. The first-order valence-electron chi connectivity index (χ1n) is 1.54. The molecule has 5 heavy (non-hydrogen) atoms. The Bertz CT molecular complexity index is 14.4. The molecule has 2 N–H and O–H groups in total. The minimum atomic E-state index is 0.0382. The SMILES string of the molecule is C[CH]NCO. The summed E-state index contributed by atoms with van der Waals surface area (Å²) in [6.07, 6.45) is 0. The summed E-state index contributed by atoms with van der Waals surface area (Å²) in [7, 11) is 0. The van der Waals surface area contributed by atoms with Crippen LogP contribution in [0, 0.1) is 6.54 Å². The van der Waals surface area contributed by atoms with Crippen LogP contribution >= 0.6 is 0 Å². The second-order valence-corrected chi connectivity index (χ2v) is 0.651. The Morgan fingerprint density at radius 1 is 2.00 bits per heavy atom. The molecule has 0 bridgehead atoms. The number of aliphatic hydroxyl groups is 1. The van der Waals surface area contributed by atoms with E-state index in [-0.39, 0.29) is 6.73 Å². The number of hydrogen-bond acceptors (Lipinski definition) is 2. The topological polar surface area (TPSA) is 32.3 Å². The Kier molecular flexibility index (Phi) is 3.86. The first-order chi connectivity index (χ1) is 2.41. The maximum atomic E-state index is 7.92. The van der Waals surface area contributed by atoms with Crippen molar-refractivity contribution in [3.05, 3.63) is 6.54 Å². The molecule has 0 atom stereocenters. The molecule has 0 fully saturated rings. The van der Waals surface area contributed by atoms with Crippen LogP contribution in [0.3, 0.4) is 0 Å². The summed E-state index contributed by atoms with van der Waals surface area (Å²) >= 11 is 0. The van der Waals surface area contributed by atoms with Gasteiger partial charge in [-0.25, -0.2) is 0 Å². The molecule has 1 radical (unpaired) electrons. The number of aliphatic hydroxyl groups excluding tert-OH is 1. The summed E-state index contributed by atoms with van der Waals surface area (Å²) in [5.74, 6) is 0. The zero-order valence-corrected chi connectivity index (χ0v) is 3.23. The Morgan fingerprint density at radius 3 is 2.60 bits per heavy atom. The van der Waals surface area contributed by atoms with Crippen molar-refractivity contribution in [3.8, 4) is 0 Å². The van der Waals surface area contributed by atoms with Crippen molar-refractivity contribution >= 4 is 0 Å². The highest BCUT2D eigenvalue weighted by Crippen LogP contribution is 1.53. The fourth-order valence-electron chi connectivity index (χ4n) is 0.0913. The average Bonchev–Trinajstić information content (AvgIpc) is 1.41. The van der Waals surface area contributed by atoms with Crippen molar-refractivity contribution in [1.82, 2.24) is 5.32 Å². The molecule has 0 unspecified atom stereocenters. The van der Waals surface area contributed by atoms with Crippen molar-refractivity contribution < 1.29 is 5.11 Å². The monoisotopic (exact) mass is 74.1 g/mol. The summed E-state index contributed by atoms with van der Waals surface area (Å²) < 4.78 is 0. The maximum Gasteiger partial charge on any atom is 0.0934 e. The molecule has 0 heterocycles. The van der Waals surface area contributed by atoms with E-state index in [1.165, 1.54) is 0 Å². The van der Waals surface area contributed by atoms with Crippen LogP contribution in [0.1, 0.15) is 6.92 Å². The zero-order chi connectivity index (χ0) is 4.12. The predicted molar refractivity (Wildman–Crippen MR) is 20.2 cm³/mol. The van der Waals surface area contributed by atoms with Crippen LogP contribution in [0.15, 0.2) is 0 Å². The number of rotatable bonds is 2. The summed E-state index contributed by atoms with van der Waals surface area (Å²) in [5, 5.41) is 10.5. The van der Waals surface area contributed by atoms with E-state index in [2.05, 4.69) is 5.32 Å². The Labute approximate surface area is 31.8 Å². The average molecular weight is 74.1 g/mol. The standard InChI is InChI=1S/C3H8NO/c1-2-4-3-5/h2,4-5H,3H2,1H3. The summed E-state index contributed by atoms with van der Waals surface area (Å²) in [5.41, 5.74) is 0. The van der Waals surface area contributed by atoms with E-state index in [4.69, 9.17) is 5.11 Å². The van der Waals surface area contributed by atoms with E-state index in [0.717, 1.165) is 0 Å². The second kappa shape index (κ2) is 3.92. The molecule has 0 rings (SSSR count). The van der Waals surface area contributed by atoms with Crippen LogP contribution in [0.5, 0.6) is 0 Å². The lowest BCUT2D eigenvalue weighted by molar-refractivity contribution is 0.273. The third kappa shape index (κ3) is 3.92. The number of nitrogens with one attached hydrogen (secondary N) is 1. The van der Waals surface area contributed by atoms with Gasteiger partial charge in [-0.3, -0.25) is 5.32 Å². The smallest absolute Gasteiger partial charge is 0.0934 e. The van der Waals surface area contributed by atoms with Crippen LogP contribution in [-0.2, 0) is 0 Å². The van der Waals surface area contributed by atoms with Crippen molar-refractivity contribution in [2.45, 2.75) is 6.92 Å². The minimum Gasteiger partial charge on any atom is -0.381 e. The largest absolute Gasteiger partial charge is 0.381 e. The zero-order valence-electron chi connectivity index (χ0n) is 3.23. The summed E-state index contributed by atoms with van der Waals surface area (Å²) in [4.78, 5) is 0. The molecule has 0 aromatic rings. The third-order valence-electron chi connectivity index (χ3n) is 0.295. The molecule has 0 aliphatic rings. The normalized spacial score (nSPS) is 8.40. The molecule has 2 nitrogen and oxygen atoms in total. The molecule has 0 aliphatic carbocycles. The van der Waals surface area contributed by atoms with Gasteiger partial charge in [0, 0.05) is 6.54 Å². The van der Waals surface area contributed by atoms with E-state index in [0.29, 0.717) is 0 Å². The predicted octanol–water partition coefficient (Wildman–Crippen LogP) is -0.293. The van der Waals surface area contributed by atoms with E-state index in [1.807, 2.05) is 6.92 Å². The lowest BCUT2D eigenvalue weighted by Crippen LogP contribution is -2.07. The molecule has 0 amide bonds. The quantitative estimate of drug-likeness (QED) is 0.441. The van der Waals surface area contributed by atoms with Crippen molar-refractivity contribution in [2.75, 3.05) is 6.73 Å². The van der Waals surface area contributed by atoms with Crippen molar-refractivity contribution in [3.63, 3.8) is 0 Å². The lowest BCUT2D eigenvalue weighted by Gasteiger charge is -1.85. The molecule has 0 saturated heterocycles. The first-order valence-corrected chi connectivity index (χ1v) is 1.54. The van der Waals surface area contributed by atoms with Gasteiger partial charge in [0.2, 0.25) is 0 Å². The highest BCUT2D eigenvalue weighted by Gasteiger charge is 1.64. The Balaban J connectivity index is 2.19. The van der Waals surface area contributed by atoms with Gasteiger partial charge in [0.15, 0.2) is 0 Å². The van der Waals surface area contributed by atoms with Crippen LogP contribution in [0.4, 0.5) is 0 Å². The van der Waals surface area contributed by atoms with E-state index in [9.17, 15) is 0 Å². The van der Waals surface area contributed by atoms with Crippen LogP contribution in [-0.4, -0.2) is 11.8 Å². The molecule has 2 heteroatoms. The van der Waals surface area contributed by atoms with Gasteiger partial charge in [0.25, 0.3) is 0 Å². The van der Waals surface area contributed by atoms with Crippen LogP contribution in [0.2, 0.25) is 0 Å². The van der Waals surface area contributed by atoms with Gasteiger partial charge in [-0.1, -0.05) is 0 Å². The molecule has 0 spiro atoms. The fourth-order valence-corrected chi connectivity index (χ4v) is 0.0913. The van der Waals surface area contributed by atoms with Crippen molar-refractivity contribution in [1.29, 1.82) is 0 Å². The Hall–Kier alpha value is -0.0800. The third-order valence-corrected chi connectivity index (χ3v) is 0.295. The van der Waals surface area contributed by atoms with E-state index >= 15 is 0 Å². The molecular formula is C3H8NO. The van der Waals surface area contributed by atoms with Gasteiger partial charge in [-0.05, 0) is 6.92 Å². The molecule has 0 aromatic heterocycles. The number of hydrogen-bond donors (Lipinski definition) is 2. The van der Waals surface area contributed by atoms with Gasteiger partial charge in [-0.2, -0.15) is 0 Å². The van der Waals surface area contributed by atoms with Gasteiger partial charge in [0.05, 0.1) is 6.73 Å². The van der Waals surface area contributed by atoms with Crippen LogP contribution in [0.25, 0.3) is 0 Å². The molecular weight excluding hydrogens is 66.0 g/mol. The molecule has 0 aliphatic heterocycles. The summed E-state index contributed by atoms with van der Waals surface area (Å²) in [6.45, 7) is 3.53. The maximum absolute atomic E-state index is 7.92. The van der Waals surface area contributed by atoms with Crippen molar-refractivity contribution in [2.24, 2.45) is 0 Å². The van der Waals surface area contributed by atoms with Gasteiger partial charge < -0.3 is 5.11 Å². The molecule has 31 valence electrons. The second-order valence-electron chi connectivity index (χ2n) is 0.651. The van der Waals surface area contributed by atoms with Crippen LogP contribution < -0.4 is 5.32 Å². The van der Waals surface area contributed by atoms with Gasteiger partial charge in [0.1, 0.15) is 0 Å². The fraction of sp³-hybridized carbons (Fsp3) is 0.667. The molecule has 0 aromatic carbocycles. The summed E-state index contributed by atoms with van der Waals surface area (Å²) in [6, 6.07) is 0.